The number of likely N-dealkylation sites (tertiary alicyclic amines) is 1. The van der Waals surface area contributed by atoms with Crippen molar-refractivity contribution in [3.63, 3.8) is 0 Å². The van der Waals surface area contributed by atoms with Crippen LogP contribution in [0.25, 0.3) is 0 Å². The van der Waals surface area contributed by atoms with Gasteiger partial charge >= 0.3 is 6.09 Å². The Morgan fingerprint density at radius 2 is 1.88 bits per heavy atom. The molecule has 0 aliphatic carbocycles. The summed E-state index contributed by atoms with van der Waals surface area (Å²) < 4.78 is 4.60. The Bertz CT molecular complexity index is 1090. The standard InChI is InChI=1S/C29H41IN4O6/c1-18(2)20-13-22(24(36)32-21(16-35)14-29(30)11-12-31-26(29)38)34(15-20)25(37)23(28(3,4)5)33-27(39)40-17-19-9-7-6-8-10-19/h6-10,16,18,20-23H,11-15,17H2,1-5H3,(H,31,38)(H,32,36)(H,33,39)/t20-,21+,22+,23-,29?/m1/s1. The fourth-order valence-electron chi connectivity index (χ4n) is 5.14. The number of ether oxygens (including phenoxy) is 1. The molecule has 2 aliphatic rings. The van der Waals surface area contributed by atoms with E-state index in [2.05, 4.69) is 38.5 Å². The van der Waals surface area contributed by atoms with Gasteiger partial charge in [0.15, 0.2) is 0 Å². The average molecular weight is 669 g/mol. The van der Waals surface area contributed by atoms with Gasteiger partial charge in [-0.2, -0.15) is 0 Å². The van der Waals surface area contributed by atoms with Gasteiger partial charge in [-0.1, -0.05) is 87.5 Å². The summed E-state index contributed by atoms with van der Waals surface area (Å²) in [5.74, 6) is -0.685. The van der Waals surface area contributed by atoms with E-state index in [0.717, 1.165) is 5.56 Å². The fraction of sp³-hybridized carbons (Fsp3) is 0.621. The highest BCUT2D eigenvalue weighted by atomic mass is 127. The highest BCUT2D eigenvalue weighted by molar-refractivity contribution is 14.1. The molecule has 10 nitrogen and oxygen atoms in total. The minimum atomic E-state index is -0.946. The Hall–Kier alpha value is -2.70. The molecule has 0 spiro atoms. The number of carbonyl (C=O) groups is 5. The Kier molecular flexibility index (Phi) is 10.6. The second kappa shape index (κ2) is 13.3. The molecule has 2 heterocycles. The highest BCUT2D eigenvalue weighted by Gasteiger charge is 2.47. The normalized spacial score (nSPS) is 24.3. The third-order valence-electron chi connectivity index (χ3n) is 7.70. The average Bonchev–Trinajstić information content (AvgIpc) is 3.49. The molecule has 2 aliphatic heterocycles. The maximum atomic E-state index is 14.0. The number of amides is 4. The second-order valence-electron chi connectivity index (χ2n) is 12.2. The van der Waals surface area contributed by atoms with E-state index < -0.39 is 39.0 Å². The summed E-state index contributed by atoms with van der Waals surface area (Å²) in [6, 6.07) is 6.62. The number of hydrogen-bond donors (Lipinski definition) is 3. The molecule has 3 rings (SSSR count). The molecule has 2 fully saturated rings. The predicted octanol–water partition coefficient (Wildman–Crippen LogP) is 2.97. The first-order valence-electron chi connectivity index (χ1n) is 13.8. The number of nitrogens with zero attached hydrogens (tertiary/aromatic N) is 1. The van der Waals surface area contributed by atoms with Crippen LogP contribution in [0.3, 0.4) is 0 Å². The van der Waals surface area contributed by atoms with Gasteiger partial charge in [-0.3, -0.25) is 14.4 Å². The summed E-state index contributed by atoms with van der Waals surface area (Å²) in [5.41, 5.74) is 0.148. The fourth-order valence-corrected chi connectivity index (χ4v) is 6.08. The van der Waals surface area contributed by atoms with Crippen LogP contribution in [0, 0.1) is 17.3 Å². The van der Waals surface area contributed by atoms with Crippen LogP contribution in [0.2, 0.25) is 0 Å². The predicted molar refractivity (Wildman–Crippen MR) is 158 cm³/mol. The first kappa shape index (κ1) is 31.8. The molecular formula is C29H41IN4O6. The Morgan fingerprint density at radius 1 is 1.20 bits per heavy atom. The summed E-state index contributed by atoms with van der Waals surface area (Å²) in [7, 11) is 0. The van der Waals surface area contributed by atoms with Gasteiger partial charge in [0.1, 0.15) is 28.4 Å². The monoisotopic (exact) mass is 668 g/mol. The van der Waals surface area contributed by atoms with Crippen molar-refractivity contribution >= 4 is 52.7 Å². The minimum Gasteiger partial charge on any atom is -0.445 e. The number of rotatable bonds is 10. The van der Waals surface area contributed by atoms with E-state index in [1.165, 1.54) is 4.90 Å². The van der Waals surface area contributed by atoms with Crippen LogP contribution in [0.15, 0.2) is 30.3 Å². The van der Waals surface area contributed by atoms with E-state index in [-0.39, 0.29) is 36.7 Å². The molecule has 0 aromatic heterocycles. The maximum Gasteiger partial charge on any atom is 0.408 e. The van der Waals surface area contributed by atoms with Crippen LogP contribution in [-0.4, -0.2) is 69.6 Å². The van der Waals surface area contributed by atoms with Gasteiger partial charge in [0, 0.05) is 13.1 Å². The zero-order chi connectivity index (χ0) is 29.7. The number of carbonyl (C=O) groups excluding carboxylic acids is 5. The third-order valence-corrected chi connectivity index (χ3v) is 9.17. The van der Waals surface area contributed by atoms with Crippen LogP contribution < -0.4 is 16.0 Å². The van der Waals surface area contributed by atoms with Crippen LogP contribution >= 0.6 is 22.6 Å². The first-order valence-corrected chi connectivity index (χ1v) is 14.8. The van der Waals surface area contributed by atoms with Crippen molar-refractivity contribution in [3.8, 4) is 0 Å². The molecule has 0 saturated carbocycles. The summed E-state index contributed by atoms with van der Waals surface area (Å²) in [6.07, 6.45) is 1.10. The number of alkyl carbamates (subject to hydrolysis) is 1. The molecule has 3 N–H and O–H groups in total. The van der Waals surface area contributed by atoms with Crippen molar-refractivity contribution < 1.29 is 28.7 Å². The van der Waals surface area contributed by atoms with Gasteiger partial charge < -0.3 is 30.4 Å². The van der Waals surface area contributed by atoms with Crippen LogP contribution in [0.4, 0.5) is 4.79 Å². The van der Waals surface area contributed by atoms with Crippen LogP contribution in [-0.2, 0) is 30.5 Å². The Balaban J connectivity index is 1.75. The minimum absolute atomic E-state index is 0.0608. The van der Waals surface area contributed by atoms with Gasteiger partial charge in [-0.15, -0.1) is 0 Å². The smallest absolute Gasteiger partial charge is 0.408 e. The lowest BCUT2D eigenvalue weighted by atomic mass is 9.85. The number of halogens is 1. The van der Waals surface area contributed by atoms with E-state index in [1.54, 1.807) is 0 Å². The SMILES string of the molecule is CC(C)[C@@H]1C[C@@H](C(=O)N[C@H](C=O)CC2(I)CCNC2=O)N(C(=O)[C@@H](NC(=O)OCc2ccccc2)C(C)(C)C)C1. The molecular weight excluding hydrogens is 627 g/mol. The molecule has 1 aromatic carbocycles. The first-order chi connectivity index (χ1) is 18.7. The number of aldehydes is 1. The molecule has 1 aromatic rings. The number of alkyl halides is 1. The lowest BCUT2D eigenvalue weighted by Crippen LogP contribution is -2.58. The summed E-state index contributed by atoms with van der Waals surface area (Å²) in [4.78, 5) is 66.0. The largest absolute Gasteiger partial charge is 0.445 e. The Morgan fingerprint density at radius 3 is 2.42 bits per heavy atom. The van der Waals surface area contributed by atoms with Crippen molar-refractivity contribution in [1.82, 2.24) is 20.9 Å². The summed E-state index contributed by atoms with van der Waals surface area (Å²) in [5, 5.41) is 8.29. The molecule has 0 bridgehead atoms. The van der Waals surface area contributed by atoms with Gasteiger partial charge in [0.25, 0.3) is 0 Å². The summed E-state index contributed by atoms with van der Waals surface area (Å²) in [6.45, 7) is 10.5. The quantitative estimate of drug-likeness (QED) is 0.200. The maximum absolute atomic E-state index is 14.0. The molecule has 220 valence electrons. The zero-order valence-electron chi connectivity index (χ0n) is 23.9. The van der Waals surface area contributed by atoms with Crippen LogP contribution in [0.1, 0.15) is 59.4 Å². The zero-order valence-corrected chi connectivity index (χ0v) is 26.0. The molecule has 4 amide bonds. The van der Waals surface area contributed by atoms with Crippen LogP contribution in [0.5, 0.6) is 0 Å². The molecule has 2 saturated heterocycles. The van der Waals surface area contributed by atoms with E-state index in [0.29, 0.717) is 32.2 Å². The van der Waals surface area contributed by atoms with Crippen molar-refractivity contribution in [2.75, 3.05) is 13.1 Å². The van der Waals surface area contributed by atoms with Gasteiger partial charge in [-0.05, 0) is 42.1 Å². The van der Waals surface area contributed by atoms with Gasteiger partial charge in [0.2, 0.25) is 17.7 Å². The number of benzene rings is 1. The topological polar surface area (TPSA) is 134 Å². The van der Waals surface area contributed by atoms with E-state index >= 15 is 0 Å². The number of nitrogens with one attached hydrogen (secondary N) is 3. The molecule has 1 unspecified atom stereocenters. The van der Waals surface area contributed by atoms with E-state index in [9.17, 15) is 24.0 Å². The molecule has 5 atom stereocenters. The Labute approximate surface area is 249 Å². The third kappa shape index (κ3) is 7.94. The van der Waals surface area contributed by atoms with Crippen molar-refractivity contribution in [3.05, 3.63) is 35.9 Å². The molecule has 40 heavy (non-hydrogen) atoms. The lowest BCUT2D eigenvalue weighted by Gasteiger charge is -2.35. The van der Waals surface area contributed by atoms with Crippen molar-refractivity contribution in [1.29, 1.82) is 0 Å². The van der Waals surface area contributed by atoms with Crippen molar-refractivity contribution in [2.24, 2.45) is 17.3 Å². The molecule has 11 heteroatoms. The number of hydrogen-bond acceptors (Lipinski definition) is 6. The molecule has 0 radical (unpaired) electrons. The van der Waals surface area contributed by atoms with E-state index in [4.69, 9.17) is 4.74 Å². The summed E-state index contributed by atoms with van der Waals surface area (Å²) >= 11 is 2.05. The van der Waals surface area contributed by atoms with Gasteiger partial charge in [-0.25, -0.2) is 4.79 Å². The lowest BCUT2D eigenvalue weighted by molar-refractivity contribution is -0.142. The van der Waals surface area contributed by atoms with Crippen molar-refractivity contribution in [2.45, 2.75) is 82.0 Å². The van der Waals surface area contributed by atoms with E-state index in [1.807, 2.05) is 65.0 Å². The van der Waals surface area contributed by atoms with Gasteiger partial charge in [0.05, 0.1) is 6.04 Å². The second-order valence-corrected chi connectivity index (χ2v) is 14.2. The highest BCUT2D eigenvalue weighted by Crippen LogP contribution is 2.34.